The second kappa shape index (κ2) is 7.60. The number of hydrogen-bond acceptors (Lipinski definition) is 4. The molecule has 0 bridgehead atoms. The van der Waals surface area contributed by atoms with Gasteiger partial charge in [-0.3, -0.25) is 0 Å². The Morgan fingerprint density at radius 2 is 1.87 bits per heavy atom. The van der Waals surface area contributed by atoms with Crippen molar-refractivity contribution in [3.63, 3.8) is 0 Å². The summed E-state index contributed by atoms with van der Waals surface area (Å²) in [5.74, 6) is -0.540. The van der Waals surface area contributed by atoms with Crippen molar-refractivity contribution in [1.82, 2.24) is 5.32 Å². The Hall–Kier alpha value is -2.60. The minimum Gasteiger partial charge on any atom is -0.479 e. The number of carboxylic acid groups (broad SMARTS) is 1. The van der Waals surface area contributed by atoms with E-state index < -0.39 is 17.9 Å². The van der Waals surface area contributed by atoms with Crippen molar-refractivity contribution < 1.29 is 23.8 Å². The van der Waals surface area contributed by atoms with E-state index in [9.17, 15) is 9.18 Å². The van der Waals surface area contributed by atoms with Crippen LogP contribution >= 0.6 is 0 Å². The predicted molar refractivity (Wildman–Crippen MR) is 83.4 cm³/mol. The van der Waals surface area contributed by atoms with Gasteiger partial charge in [0.25, 0.3) is 0 Å². The highest BCUT2D eigenvalue weighted by Gasteiger charge is 2.12. The number of ether oxygens (including phenoxy) is 2. The van der Waals surface area contributed by atoms with Gasteiger partial charge >= 0.3 is 5.97 Å². The fourth-order valence-electron chi connectivity index (χ4n) is 1.91. The van der Waals surface area contributed by atoms with Crippen LogP contribution in [0, 0.1) is 5.82 Å². The number of carboxylic acids is 1. The van der Waals surface area contributed by atoms with Crippen LogP contribution < -0.4 is 14.8 Å². The van der Waals surface area contributed by atoms with Gasteiger partial charge in [0.15, 0.2) is 17.7 Å². The van der Waals surface area contributed by atoms with Gasteiger partial charge in [-0.15, -0.1) is 0 Å². The van der Waals surface area contributed by atoms with Crippen molar-refractivity contribution in [2.45, 2.75) is 19.6 Å². The number of carbonyl (C=O) groups is 1. The first kappa shape index (κ1) is 16.8. The van der Waals surface area contributed by atoms with E-state index in [1.807, 2.05) is 0 Å². The molecule has 0 radical (unpaired) electrons. The minimum absolute atomic E-state index is 0.123. The molecule has 2 N–H and O–H groups in total. The summed E-state index contributed by atoms with van der Waals surface area (Å²) in [6.07, 6.45) is -0.945. The molecule has 0 aliphatic heterocycles. The Balaban J connectivity index is 2.05. The lowest BCUT2D eigenvalue weighted by Gasteiger charge is -2.12. The SMILES string of the molecule is CNCc1ccc(Oc2ccc(O[C@@H](C)C(=O)O)cc2)c(F)c1. The first-order valence-corrected chi connectivity index (χ1v) is 7.10. The molecular weight excluding hydrogens is 301 g/mol. The van der Waals surface area contributed by atoms with Crippen LogP contribution in [-0.4, -0.2) is 24.2 Å². The summed E-state index contributed by atoms with van der Waals surface area (Å²) in [5.41, 5.74) is 0.823. The molecule has 0 aliphatic rings. The monoisotopic (exact) mass is 319 g/mol. The van der Waals surface area contributed by atoms with Crippen molar-refractivity contribution in [2.24, 2.45) is 0 Å². The maximum Gasteiger partial charge on any atom is 0.344 e. The molecule has 0 heterocycles. The third kappa shape index (κ3) is 4.69. The largest absolute Gasteiger partial charge is 0.479 e. The van der Waals surface area contributed by atoms with Crippen LogP contribution in [0.25, 0.3) is 0 Å². The molecule has 0 spiro atoms. The van der Waals surface area contributed by atoms with Crippen molar-refractivity contribution in [1.29, 1.82) is 0 Å². The molecule has 0 saturated heterocycles. The van der Waals surface area contributed by atoms with Crippen LogP contribution in [0.1, 0.15) is 12.5 Å². The second-order valence-electron chi connectivity index (χ2n) is 4.97. The zero-order chi connectivity index (χ0) is 16.8. The molecule has 0 amide bonds. The molecule has 0 fully saturated rings. The van der Waals surface area contributed by atoms with Crippen LogP contribution in [0.5, 0.6) is 17.2 Å². The Morgan fingerprint density at radius 3 is 2.43 bits per heavy atom. The van der Waals surface area contributed by atoms with E-state index in [4.69, 9.17) is 14.6 Å². The highest BCUT2D eigenvalue weighted by atomic mass is 19.1. The standard InChI is InChI=1S/C17H18FNO4/c1-11(17(20)21)22-13-4-6-14(7-5-13)23-16-8-3-12(10-19-2)9-15(16)18/h3-9,11,19H,10H2,1-2H3,(H,20,21)/t11-/m0/s1. The number of halogens is 1. The van der Waals surface area contributed by atoms with Crippen molar-refractivity contribution >= 4 is 5.97 Å². The van der Waals surface area contributed by atoms with Gasteiger partial charge in [0.2, 0.25) is 0 Å². The Morgan fingerprint density at radius 1 is 1.22 bits per heavy atom. The smallest absolute Gasteiger partial charge is 0.344 e. The first-order valence-electron chi connectivity index (χ1n) is 7.10. The van der Waals surface area contributed by atoms with Gasteiger partial charge in [-0.25, -0.2) is 9.18 Å². The van der Waals surface area contributed by atoms with E-state index in [0.717, 1.165) is 5.56 Å². The van der Waals surface area contributed by atoms with Crippen LogP contribution in [0.4, 0.5) is 4.39 Å². The second-order valence-corrected chi connectivity index (χ2v) is 4.97. The highest BCUT2D eigenvalue weighted by Crippen LogP contribution is 2.27. The number of benzene rings is 2. The maximum atomic E-state index is 14.0. The molecule has 0 aromatic heterocycles. The van der Waals surface area contributed by atoms with Gasteiger partial charge < -0.3 is 19.9 Å². The lowest BCUT2D eigenvalue weighted by Crippen LogP contribution is -2.22. The summed E-state index contributed by atoms with van der Waals surface area (Å²) in [7, 11) is 1.79. The number of hydrogen-bond donors (Lipinski definition) is 2. The average molecular weight is 319 g/mol. The maximum absolute atomic E-state index is 14.0. The summed E-state index contributed by atoms with van der Waals surface area (Å²) in [6, 6.07) is 11.1. The number of rotatable bonds is 7. The lowest BCUT2D eigenvalue weighted by atomic mass is 10.2. The molecule has 2 aromatic rings. The molecule has 0 saturated carbocycles. The van der Waals surface area contributed by atoms with E-state index in [1.54, 1.807) is 43.4 Å². The van der Waals surface area contributed by atoms with E-state index >= 15 is 0 Å². The van der Waals surface area contributed by atoms with E-state index in [-0.39, 0.29) is 5.75 Å². The molecule has 122 valence electrons. The Bertz CT molecular complexity index is 673. The van der Waals surface area contributed by atoms with Crippen molar-refractivity contribution in [3.05, 3.63) is 53.8 Å². The van der Waals surface area contributed by atoms with Gasteiger partial charge in [-0.05, 0) is 55.9 Å². The average Bonchev–Trinajstić information content (AvgIpc) is 2.52. The van der Waals surface area contributed by atoms with Gasteiger partial charge in [0.1, 0.15) is 11.5 Å². The van der Waals surface area contributed by atoms with E-state index in [0.29, 0.717) is 18.0 Å². The van der Waals surface area contributed by atoms with Gasteiger partial charge in [-0.2, -0.15) is 0 Å². The van der Waals surface area contributed by atoms with Gasteiger partial charge in [-0.1, -0.05) is 6.07 Å². The van der Waals surface area contributed by atoms with Crippen LogP contribution in [0.2, 0.25) is 0 Å². The summed E-state index contributed by atoms with van der Waals surface area (Å²) in [5, 5.41) is 11.7. The Labute approximate surface area is 133 Å². The minimum atomic E-state index is -1.05. The molecule has 6 heteroatoms. The van der Waals surface area contributed by atoms with E-state index in [1.165, 1.54) is 13.0 Å². The molecular formula is C17H18FNO4. The van der Waals surface area contributed by atoms with Crippen LogP contribution in [0.15, 0.2) is 42.5 Å². The fourth-order valence-corrected chi connectivity index (χ4v) is 1.91. The molecule has 23 heavy (non-hydrogen) atoms. The van der Waals surface area contributed by atoms with E-state index in [2.05, 4.69) is 5.32 Å². The van der Waals surface area contributed by atoms with Gasteiger partial charge in [0.05, 0.1) is 0 Å². The molecule has 0 unspecified atom stereocenters. The number of aliphatic carboxylic acids is 1. The predicted octanol–water partition coefficient (Wildman–Crippen LogP) is 3.19. The molecule has 2 rings (SSSR count). The zero-order valence-corrected chi connectivity index (χ0v) is 12.9. The molecule has 2 aromatic carbocycles. The third-order valence-corrected chi connectivity index (χ3v) is 3.09. The summed E-state index contributed by atoms with van der Waals surface area (Å²) in [4.78, 5) is 10.7. The summed E-state index contributed by atoms with van der Waals surface area (Å²) < 4.78 is 24.7. The van der Waals surface area contributed by atoms with Crippen molar-refractivity contribution in [2.75, 3.05) is 7.05 Å². The quantitative estimate of drug-likeness (QED) is 0.820. The molecule has 5 nitrogen and oxygen atoms in total. The Kier molecular flexibility index (Phi) is 5.54. The third-order valence-electron chi connectivity index (χ3n) is 3.09. The summed E-state index contributed by atoms with van der Waals surface area (Å²) >= 11 is 0. The zero-order valence-electron chi connectivity index (χ0n) is 12.9. The topological polar surface area (TPSA) is 67.8 Å². The van der Waals surface area contributed by atoms with Crippen LogP contribution in [-0.2, 0) is 11.3 Å². The fraction of sp³-hybridized carbons (Fsp3) is 0.235. The normalized spacial score (nSPS) is 11.8. The molecule has 0 aliphatic carbocycles. The highest BCUT2D eigenvalue weighted by molar-refractivity contribution is 5.72. The van der Waals surface area contributed by atoms with Crippen molar-refractivity contribution in [3.8, 4) is 17.2 Å². The molecule has 1 atom stereocenters. The van der Waals surface area contributed by atoms with Crippen LogP contribution in [0.3, 0.4) is 0 Å². The number of nitrogens with one attached hydrogen (secondary N) is 1. The summed E-state index contributed by atoms with van der Waals surface area (Å²) in [6.45, 7) is 2.01. The lowest BCUT2D eigenvalue weighted by molar-refractivity contribution is -0.144. The first-order chi connectivity index (χ1) is 11.0. The van der Waals surface area contributed by atoms with Gasteiger partial charge in [0, 0.05) is 6.54 Å².